The Morgan fingerprint density at radius 1 is 1.20 bits per heavy atom. The van der Waals surface area contributed by atoms with E-state index >= 15 is 0 Å². The number of fused-ring (bicyclic) bond motifs is 2. The highest BCUT2D eigenvalue weighted by Crippen LogP contribution is 2.37. The van der Waals surface area contributed by atoms with Crippen molar-refractivity contribution in [3.63, 3.8) is 0 Å². The van der Waals surface area contributed by atoms with Gasteiger partial charge in [0.05, 0.1) is 37.6 Å². The largest absolute Gasteiger partial charge is 0.496 e. The number of ether oxygens (including phenoxy) is 3. The summed E-state index contributed by atoms with van der Waals surface area (Å²) >= 11 is 2.82. The molecule has 1 atom stereocenters. The maximum absolute atomic E-state index is 13.6. The first kappa shape index (κ1) is 22.3. The zero-order valence-corrected chi connectivity index (χ0v) is 20.7. The number of hydrogen-bond donors (Lipinski definition) is 0. The number of halogens is 1. The van der Waals surface area contributed by atoms with Gasteiger partial charge in [0.15, 0.2) is 22.1 Å². The van der Waals surface area contributed by atoms with Crippen molar-refractivity contribution in [2.45, 2.75) is 19.7 Å². The van der Waals surface area contributed by atoms with Gasteiger partial charge < -0.3 is 23.5 Å². The van der Waals surface area contributed by atoms with Crippen molar-refractivity contribution in [2.75, 3.05) is 38.3 Å². The second kappa shape index (κ2) is 9.10. The Labute approximate surface area is 207 Å². The summed E-state index contributed by atoms with van der Waals surface area (Å²) in [6.07, 6.45) is 0.599. The van der Waals surface area contributed by atoms with Crippen LogP contribution in [0.25, 0.3) is 27.4 Å². The molecule has 0 N–H and O–H groups in total. The number of anilines is 1. The molecular formula is C23H22FN5O4S2. The minimum absolute atomic E-state index is 0.317. The van der Waals surface area contributed by atoms with Crippen molar-refractivity contribution in [2.24, 2.45) is 0 Å². The molecule has 12 heteroatoms. The van der Waals surface area contributed by atoms with E-state index in [1.54, 1.807) is 29.2 Å². The van der Waals surface area contributed by atoms with Gasteiger partial charge in [0.25, 0.3) is 0 Å². The second-order valence-corrected chi connectivity index (χ2v) is 9.89. The van der Waals surface area contributed by atoms with E-state index in [0.29, 0.717) is 45.1 Å². The number of methoxy groups -OCH3 is 1. The minimum Gasteiger partial charge on any atom is -0.496 e. The van der Waals surface area contributed by atoms with Crippen LogP contribution in [-0.2, 0) is 11.3 Å². The summed E-state index contributed by atoms with van der Waals surface area (Å²) in [6, 6.07) is 5.53. The van der Waals surface area contributed by atoms with Crippen LogP contribution in [0.1, 0.15) is 23.8 Å². The number of aromatic nitrogens is 4. The second-order valence-electron chi connectivity index (χ2n) is 8.07. The summed E-state index contributed by atoms with van der Waals surface area (Å²) in [4.78, 5) is 12.1. The molecule has 1 aliphatic heterocycles. The lowest BCUT2D eigenvalue weighted by molar-refractivity contribution is 0.122. The van der Waals surface area contributed by atoms with Crippen molar-refractivity contribution in [1.29, 1.82) is 0 Å². The Kier molecular flexibility index (Phi) is 5.78. The Morgan fingerprint density at radius 2 is 2.06 bits per heavy atom. The fourth-order valence-electron chi connectivity index (χ4n) is 3.86. The number of imidazole rings is 1. The minimum atomic E-state index is -1.13. The zero-order chi connectivity index (χ0) is 23.9. The van der Waals surface area contributed by atoms with Crippen LogP contribution in [0.3, 0.4) is 0 Å². The third-order valence-corrected chi connectivity index (χ3v) is 7.68. The van der Waals surface area contributed by atoms with Crippen molar-refractivity contribution in [1.82, 2.24) is 19.6 Å². The van der Waals surface area contributed by atoms with E-state index in [9.17, 15) is 4.39 Å². The summed E-state index contributed by atoms with van der Waals surface area (Å²) < 4.78 is 38.3. The third kappa shape index (κ3) is 4.32. The molecule has 4 aromatic heterocycles. The molecule has 5 aromatic rings. The molecule has 1 fully saturated rings. The highest BCUT2D eigenvalue weighted by Gasteiger charge is 2.19. The summed E-state index contributed by atoms with van der Waals surface area (Å²) in [5.41, 5.74) is 2.08. The number of alkyl halides is 1. The average molecular weight is 516 g/mol. The van der Waals surface area contributed by atoms with Gasteiger partial charge in [-0.25, -0.2) is 18.9 Å². The van der Waals surface area contributed by atoms with Gasteiger partial charge in [0, 0.05) is 30.6 Å². The summed E-state index contributed by atoms with van der Waals surface area (Å²) in [7, 11) is 1.60. The van der Waals surface area contributed by atoms with Crippen LogP contribution in [0.4, 0.5) is 9.52 Å². The first-order valence-electron chi connectivity index (χ1n) is 11.1. The number of benzene rings is 1. The topological polar surface area (TPSA) is 87.2 Å². The van der Waals surface area contributed by atoms with Gasteiger partial charge in [0.2, 0.25) is 4.96 Å². The van der Waals surface area contributed by atoms with E-state index in [4.69, 9.17) is 23.6 Å². The van der Waals surface area contributed by atoms with Crippen LogP contribution in [0.15, 0.2) is 34.2 Å². The lowest BCUT2D eigenvalue weighted by atomic mass is 10.2. The molecule has 35 heavy (non-hydrogen) atoms. The molecule has 0 bridgehead atoms. The molecule has 0 radical (unpaired) electrons. The molecule has 0 unspecified atom stereocenters. The van der Waals surface area contributed by atoms with Gasteiger partial charge in [-0.3, -0.25) is 0 Å². The van der Waals surface area contributed by atoms with Crippen molar-refractivity contribution < 1.29 is 23.0 Å². The first-order valence-corrected chi connectivity index (χ1v) is 12.8. The summed E-state index contributed by atoms with van der Waals surface area (Å²) in [5, 5.41) is 8.43. The van der Waals surface area contributed by atoms with Gasteiger partial charge in [0.1, 0.15) is 29.4 Å². The number of hydrogen-bond acceptors (Lipinski definition) is 10. The van der Waals surface area contributed by atoms with E-state index in [1.165, 1.54) is 18.3 Å². The Hall–Kier alpha value is -3.22. The van der Waals surface area contributed by atoms with E-state index < -0.39 is 6.17 Å². The fourth-order valence-corrected chi connectivity index (χ4v) is 5.53. The number of rotatable bonds is 7. The molecule has 0 saturated carbocycles. The van der Waals surface area contributed by atoms with E-state index in [-0.39, 0.29) is 0 Å². The highest BCUT2D eigenvalue weighted by atomic mass is 32.1. The van der Waals surface area contributed by atoms with Crippen LogP contribution < -0.4 is 14.4 Å². The summed E-state index contributed by atoms with van der Waals surface area (Å²) in [5.74, 6) is 1.81. The number of thiazole rings is 1. The molecule has 1 aromatic carbocycles. The monoisotopic (exact) mass is 515 g/mol. The lowest BCUT2D eigenvalue weighted by Crippen LogP contribution is -2.36. The van der Waals surface area contributed by atoms with Crippen molar-refractivity contribution in [3.8, 4) is 23.0 Å². The number of nitrogens with zero attached hydrogens (tertiary/aromatic N) is 5. The quantitative estimate of drug-likeness (QED) is 0.295. The maximum Gasteiger partial charge on any atom is 0.212 e. The van der Waals surface area contributed by atoms with Crippen LogP contribution in [-0.4, -0.2) is 53.0 Å². The molecular weight excluding hydrogens is 493 g/mol. The Balaban J connectivity index is 1.27. The van der Waals surface area contributed by atoms with Crippen molar-refractivity contribution >= 4 is 43.7 Å². The van der Waals surface area contributed by atoms with Crippen LogP contribution in [0, 0.1) is 0 Å². The molecule has 6 rings (SSSR count). The zero-order valence-electron chi connectivity index (χ0n) is 19.1. The smallest absolute Gasteiger partial charge is 0.212 e. The van der Waals surface area contributed by atoms with E-state index in [2.05, 4.69) is 15.0 Å². The lowest BCUT2D eigenvalue weighted by Gasteiger charge is -2.26. The predicted molar refractivity (Wildman–Crippen MR) is 132 cm³/mol. The van der Waals surface area contributed by atoms with Crippen molar-refractivity contribution in [3.05, 3.63) is 40.5 Å². The molecule has 1 saturated heterocycles. The van der Waals surface area contributed by atoms with Gasteiger partial charge in [-0.1, -0.05) is 11.3 Å². The average Bonchev–Trinajstić information content (AvgIpc) is 3.65. The highest BCUT2D eigenvalue weighted by molar-refractivity contribution is 7.16. The Bertz CT molecular complexity index is 1450. The van der Waals surface area contributed by atoms with Crippen LogP contribution in [0.5, 0.6) is 11.5 Å². The number of morpholine rings is 1. The fraction of sp³-hybridized carbons (Fsp3) is 0.348. The normalized spacial score (nSPS) is 15.2. The van der Waals surface area contributed by atoms with E-state index in [1.807, 2.05) is 23.6 Å². The standard InChI is InChI=1S/C23H22FN5O4S2/c1-13(24)21-27-29-10-17(26-23(29)35-21)20-9-16-18(7-15(30-2)8-19(16)33-20)32-11-14-12-34-22(25-14)28-3-5-31-6-4-28/h7-10,12-13H,3-6,11H2,1-2H3/t13-/m0/s1. The Morgan fingerprint density at radius 3 is 2.83 bits per heavy atom. The van der Waals surface area contributed by atoms with Crippen LogP contribution >= 0.6 is 22.7 Å². The molecule has 182 valence electrons. The SMILES string of the molecule is COc1cc(OCc2csc(N3CCOCC3)n2)c2cc(-c3cn4nc([C@H](C)F)sc4n3)oc2c1. The van der Waals surface area contributed by atoms with Gasteiger partial charge in [-0.05, 0) is 13.0 Å². The number of furan rings is 1. The van der Waals surface area contributed by atoms with Gasteiger partial charge >= 0.3 is 0 Å². The molecule has 9 nitrogen and oxygen atoms in total. The molecule has 0 amide bonds. The van der Waals surface area contributed by atoms with Gasteiger partial charge in [-0.15, -0.1) is 11.3 Å². The summed E-state index contributed by atoms with van der Waals surface area (Å²) in [6.45, 7) is 4.91. The molecule has 0 spiro atoms. The molecule has 0 aliphatic carbocycles. The molecule has 1 aliphatic rings. The maximum atomic E-state index is 13.6. The predicted octanol–water partition coefficient (Wildman–Crippen LogP) is 5.12. The van der Waals surface area contributed by atoms with Gasteiger partial charge in [-0.2, -0.15) is 5.10 Å². The molecule has 5 heterocycles. The van der Waals surface area contributed by atoms with E-state index in [0.717, 1.165) is 42.5 Å². The third-order valence-electron chi connectivity index (χ3n) is 5.66. The van der Waals surface area contributed by atoms with Crippen LogP contribution in [0.2, 0.25) is 0 Å². The first-order chi connectivity index (χ1) is 17.1.